The lowest BCUT2D eigenvalue weighted by atomic mass is 10.3. The predicted octanol–water partition coefficient (Wildman–Crippen LogP) is 0.691. The van der Waals surface area contributed by atoms with Crippen molar-refractivity contribution in [1.82, 2.24) is 10.6 Å². The second-order valence-corrected chi connectivity index (χ2v) is 3.89. The number of amides is 1. The highest BCUT2D eigenvalue weighted by Gasteiger charge is 2.02. The fraction of sp³-hybridized carbons (Fsp3) is 0.667. The molecule has 0 saturated heterocycles. The number of hydrogen-bond acceptors (Lipinski definition) is 4. The molecule has 0 radical (unpaired) electrons. The first-order valence-electron chi connectivity index (χ1n) is 4.63. The van der Waals surface area contributed by atoms with Gasteiger partial charge in [0.1, 0.15) is 0 Å². The summed E-state index contributed by atoms with van der Waals surface area (Å²) in [4.78, 5) is 15.3. The van der Waals surface area contributed by atoms with Crippen molar-refractivity contribution in [1.29, 1.82) is 5.26 Å². The first-order valence-corrected chi connectivity index (χ1v) is 5.85. The minimum Gasteiger partial charge on any atom is -0.354 e. The topological polar surface area (TPSA) is 77.3 Å². The van der Waals surface area contributed by atoms with Crippen LogP contribution in [-0.2, 0) is 4.79 Å². The van der Waals surface area contributed by atoms with E-state index in [1.807, 2.05) is 20.1 Å². The van der Waals surface area contributed by atoms with Gasteiger partial charge in [-0.2, -0.15) is 5.26 Å². The summed E-state index contributed by atoms with van der Waals surface area (Å²) in [5, 5.41) is 14.1. The Labute approximate surface area is 94.3 Å². The molecule has 0 saturated carbocycles. The number of nitrogens with zero attached hydrogens (tertiary/aromatic N) is 2. The minimum atomic E-state index is -0.0221. The molecule has 0 heterocycles. The molecule has 15 heavy (non-hydrogen) atoms. The van der Waals surface area contributed by atoms with E-state index >= 15 is 0 Å². The van der Waals surface area contributed by atoms with E-state index in [0.29, 0.717) is 18.1 Å². The van der Waals surface area contributed by atoms with Crippen LogP contribution in [-0.4, -0.2) is 29.9 Å². The number of amidine groups is 1. The Balaban J connectivity index is 3.85. The van der Waals surface area contributed by atoms with E-state index in [4.69, 9.17) is 5.26 Å². The number of rotatable bonds is 4. The summed E-state index contributed by atoms with van der Waals surface area (Å²) in [6, 6.07) is 0.152. The van der Waals surface area contributed by atoms with E-state index in [9.17, 15) is 4.79 Å². The maximum absolute atomic E-state index is 11.2. The van der Waals surface area contributed by atoms with Gasteiger partial charge >= 0.3 is 0 Å². The summed E-state index contributed by atoms with van der Waals surface area (Å²) in [5.41, 5.74) is 0. The second kappa shape index (κ2) is 8.12. The molecule has 0 aliphatic heterocycles. The fourth-order valence-corrected chi connectivity index (χ4v) is 1.22. The Kier molecular flexibility index (Phi) is 7.46. The molecule has 0 aromatic rings. The molecule has 0 spiro atoms. The van der Waals surface area contributed by atoms with Crippen molar-refractivity contribution in [2.45, 2.75) is 26.3 Å². The van der Waals surface area contributed by atoms with Crippen LogP contribution in [0.5, 0.6) is 0 Å². The lowest BCUT2D eigenvalue weighted by molar-refractivity contribution is -0.121. The Morgan fingerprint density at radius 2 is 2.27 bits per heavy atom. The van der Waals surface area contributed by atoms with Crippen LogP contribution in [0.25, 0.3) is 0 Å². The molecule has 0 aromatic carbocycles. The first-order chi connectivity index (χ1) is 7.10. The summed E-state index contributed by atoms with van der Waals surface area (Å²) in [7, 11) is 0. The van der Waals surface area contributed by atoms with E-state index in [0.717, 1.165) is 0 Å². The highest BCUT2D eigenvalue weighted by molar-refractivity contribution is 8.13. The summed E-state index contributed by atoms with van der Waals surface area (Å²) in [6.07, 6.45) is 3.95. The molecule has 6 heteroatoms. The molecule has 0 aliphatic rings. The molecule has 0 atom stereocenters. The molecule has 0 bridgehead atoms. The van der Waals surface area contributed by atoms with Crippen LogP contribution in [0.2, 0.25) is 0 Å². The van der Waals surface area contributed by atoms with E-state index in [-0.39, 0.29) is 11.9 Å². The van der Waals surface area contributed by atoms with Crippen LogP contribution >= 0.6 is 11.8 Å². The van der Waals surface area contributed by atoms with Crippen molar-refractivity contribution >= 4 is 22.8 Å². The summed E-state index contributed by atoms with van der Waals surface area (Å²) >= 11 is 1.34. The third kappa shape index (κ3) is 7.82. The van der Waals surface area contributed by atoms with Crippen molar-refractivity contribution in [3.05, 3.63) is 0 Å². The zero-order chi connectivity index (χ0) is 11.7. The van der Waals surface area contributed by atoms with E-state index in [2.05, 4.69) is 15.6 Å². The van der Waals surface area contributed by atoms with Gasteiger partial charge in [0.25, 0.3) is 0 Å². The maximum Gasteiger partial charge on any atom is 0.222 e. The number of aliphatic imine (C=N–C) groups is 1. The normalized spacial score (nSPS) is 11.0. The molecule has 5 nitrogen and oxygen atoms in total. The highest BCUT2D eigenvalue weighted by atomic mass is 32.2. The average molecular weight is 228 g/mol. The standard InChI is InChI=1S/C9H16N4OS/c1-7(2)13-8(14)4-5-11-9(15-3)12-6-10/h7H,4-5H2,1-3H3,(H,11,12)(H,13,14). The molecule has 0 unspecified atom stereocenters. The zero-order valence-electron chi connectivity index (χ0n) is 9.20. The molecule has 0 fully saturated rings. The Morgan fingerprint density at radius 3 is 2.73 bits per heavy atom. The highest BCUT2D eigenvalue weighted by Crippen LogP contribution is 1.95. The maximum atomic E-state index is 11.2. The number of nitrogens with one attached hydrogen (secondary N) is 2. The lowest BCUT2D eigenvalue weighted by Gasteiger charge is -2.06. The zero-order valence-corrected chi connectivity index (χ0v) is 10.0. The van der Waals surface area contributed by atoms with Crippen molar-refractivity contribution in [2.24, 2.45) is 4.99 Å². The Bertz CT molecular complexity index is 270. The van der Waals surface area contributed by atoms with Gasteiger partial charge in [-0.3, -0.25) is 15.1 Å². The number of nitriles is 1. The van der Waals surface area contributed by atoms with E-state index in [1.54, 1.807) is 6.19 Å². The lowest BCUT2D eigenvalue weighted by Crippen LogP contribution is -2.30. The molecule has 84 valence electrons. The third-order valence-corrected chi connectivity index (χ3v) is 2.02. The average Bonchev–Trinajstić information content (AvgIpc) is 2.15. The fourth-order valence-electron chi connectivity index (χ4n) is 0.856. The number of hydrogen-bond donors (Lipinski definition) is 2. The molecule has 0 aromatic heterocycles. The SMILES string of the molecule is CSC(=NCCC(=O)NC(C)C)NC#N. The smallest absolute Gasteiger partial charge is 0.222 e. The predicted molar refractivity (Wildman–Crippen MR) is 62.5 cm³/mol. The van der Waals surface area contributed by atoms with Crippen LogP contribution in [0.15, 0.2) is 4.99 Å². The number of thioether (sulfide) groups is 1. The molecular weight excluding hydrogens is 212 g/mol. The van der Waals surface area contributed by atoms with Crippen LogP contribution in [0, 0.1) is 11.5 Å². The van der Waals surface area contributed by atoms with Crippen molar-refractivity contribution < 1.29 is 4.79 Å². The van der Waals surface area contributed by atoms with Crippen LogP contribution in [0.3, 0.4) is 0 Å². The second-order valence-electron chi connectivity index (χ2n) is 3.10. The van der Waals surface area contributed by atoms with Gasteiger partial charge in [0.15, 0.2) is 11.4 Å². The van der Waals surface area contributed by atoms with Crippen LogP contribution in [0.4, 0.5) is 0 Å². The van der Waals surface area contributed by atoms with E-state index < -0.39 is 0 Å². The third-order valence-electron chi connectivity index (χ3n) is 1.40. The van der Waals surface area contributed by atoms with Gasteiger partial charge in [-0.05, 0) is 20.1 Å². The Morgan fingerprint density at radius 1 is 1.60 bits per heavy atom. The van der Waals surface area contributed by atoms with E-state index in [1.165, 1.54) is 11.8 Å². The van der Waals surface area contributed by atoms with Crippen LogP contribution < -0.4 is 10.6 Å². The number of carbonyl (C=O) groups excluding carboxylic acids is 1. The molecule has 0 aliphatic carbocycles. The summed E-state index contributed by atoms with van der Waals surface area (Å²) in [5.74, 6) is -0.0221. The summed E-state index contributed by atoms with van der Waals surface area (Å²) in [6.45, 7) is 4.21. The Hall–Kier alpha value is -1.22. The van der Waals surface area contributed by atoms with Gasteiger partial charge in [0, 0.05) is 12.5 Å². The minimum absolute atomic E-state index is 0.0221. The van der Waals surface area contributed by atoms with Crippen molar-refractivity contribution in [3.8, 4) is 6.19 Å². The van der Waals surface area contributed by atoms with Gasteiger partial charge in [0.2, 0.25) is 5.91 Å². The monoisotopic (exact) mass is 228 g/mol. The molecule has 0 rings (SSSR count). The largest absolute Gasteiger partial charge is 0.354 e. The summed E-state index contributed by atoms with van der Waals surface area (Å²) < 4.78 is 0. The number of carbonyl (C=O) groups is 1. The molecule has 2 N–H and O–H groups in total. The quantitative estimate of drug-likeness (QED) is 0.321. The van der Waals surface area contributed by atoms with Gasteiger partial charge < -0.3 is 5.32 Å². The molecule has 1 amide bonds. The van der Waals surface area contributed by atoms with Crippen molar-refractivity contribution in [3.63, 3.8) is 0 Å². The molecular formula is C9H16N4OS. The van der Waals surface area contributed by atoms with Gasteiger partial charge in [-0.15, -0.1) is 0 Å². The van der Waals surface area contributed by atoms with Gasteiger partial charge in [0.05, 0.1) is 6.54 Å². The van der Waals surface area contributed by atoms with Gasteiger partial charge in [-0.1, -0.05) is 11.8 Å². The van der Waals surface area contributed by atoms with Crippen LogP contribution in [0.1, 0.15) is 20.3 Å². The van der Waals surface area contributed by atoms with Crippen molar-refractivity contribution in [2.75, 3.05) is 12.8 Å². The van der Waals surface area contributed by atoms with Gasteiger partial charge in [-0.25, -0.2) is 0 Å². The first kappa shape index (κ1) is 13.8.